The standard InChI is InChI=1S/C21H21NS/c23-16-15-22-20-14-8-7-13-19(20)21(17-9-3-1-4-10-17)18-11-5-2-6-12-18/h1-14,21-23H,15-16H2. The molecule has 2 heteroatoms. The average molecular weight is 319 g/mol. The molecule has 3 aromatic carbocycles. The summed E-state index contributed by atoms with van der Waals surface area (Å²) in [6.07, 6.45) is 0. The first-order valence-corrected chi connectivity index (χ1v) is 8.57. The van der Waals surface area contributed by atoms with Gasteiger partial charge in [0.2, 0.25) is 0 Å². The zero-order valence-electron chi connectivity index (χ0n) is 13.0. The Bertz CT molecular complexity index is 686. The minimum atomic E-state index is 0.223. The van der Waals surface area contributed by atoms with Gasteiger partial charge in [0.15, 0.2) is 0 Å². The van der Waals surface area contributed by atoms with E-state index in [2.05, 4.69) is 103 Å². The number of thiol groups is 1. The minimum absolute atomic E-state index is 0.223. The topological polar surface area (TPSA) is 12.0 Å². The Morgan fingerprint density at radius 2 is 1.22 bits per heavy atom. The summed E-state index contributed by atoms with van der Waals surface area (Å²) in [4.78, 5) is 0. The molecule has 0 heterocycles. The second-order valence-electron chi connectivity index (χ2n) is 5.49. The summed E-state index contributed by atoms with van der Waals surface area (Å²) in [5, 5.41) is 3.51. The third-order valence-corrected chi connectivity index (χ3v) is 4.19. The molecule has 1 nitrogen and oxygen atoms in total. The Hall–Kier alpha value is -2.19. The summed E-state index contributed by atoms with van der Waals surface area (Å²) in [6, 6.07) is 29.9. The van der Waals surface area contributed by atoms with Crippen molar-refractivity contribution in [2.24, 2.45) is 0 Å². The van der Waals surface area contributed by atoms with E-state index in [1.807, 2.05) is 0 Å². The molecule has 0 bridgehead atoms. The number of nitrogens with one attached hydrogen (secondary N) is 1. The summed E-state index contributed by atoms with van der Waals surface area (Å²) >= 11 is 4.31. The van der Waals surface area contributed by atoms with E-state index in [4.69, 9.17) is 0 Å². The van der Waals surface area contributed by atoms with Crippen molar-refractivity contribution < 1.29 is 0 Å². The third kappa shape index (κ3) is 3.77. The molecule has 0 saturated carbocycles. The van der Waals surface area contributed by atoms with Crippen LogP contribution in [0, 0.1) is 0 Å². The van der Waals surface area contributed by atoms with Crippen molar-refractivity contribution in [1.29, 1.82) is 0 Å². The lowest BCUT2D eigenvalue weighted by Crippen LogP contribution is -2.10. The van der Waals surface area contributed by atoms with Crippen molar-refractivity contribution in [3.8, 4) is 0 Å². The molecule has 0 fully saturated rings. The molecule has 1 N–H and O–H groups in total. The van der Waals surface area contributed by atoms with Crippen molar-refractivity contribution >= 4 is 18.3 Å². The highest BCUT2D eigenvalue weighted by molar-refractivity contribution is 7.80. The van der Waals surface area contributed by atoms with E-state index in [0.717, 1.165) is 12.3 Å². The first kappa shape index (κ1) is 15.7. The Morgan fingerprint density at radius 3 is 1.78 bits per heavy atom. The monoisotopic (exact) mass is 319 g/mol. The van der Waals surface area contributed by atoms with Gasteiger partial charge in [-0.15, -0.1) is 0 Å². The van der Waals surface area contributed by atoms with Gasteiger partial charge in [-0.1, -0.05) is 78.9 Å². The molecule has 3 rings (SSSR count). The number of hydrogen-bond donors (Lipinski definition) is 2. The highest BCUT2D eigenvalue weighted by atomic mass is 32.1. The quantitative estimate of drug-likeness (QED) is 0.469. The number of anilines is 1. The van der Waals surface area contributed by atoms with E-state index in [1.165, 1.54) is 22.4 Å². The lowest BCUT2D eigenvalue weighted by molar-refractivity contribution is 0.974. The maximum atomic E-state index is 4.31. The van der Waals surface area contributed by atoms with Crippen LogP contribution < -0.4 is 5.32 Å². The van der Waals surface area contributed by atoms with Crippen LogP contribution in [0.2, 0.25) is 0 Å². The van der Waals surface area contributed by atoms with Gasteiger partial charge in [-0.05, 0) is 22.8 Å². The molecule has 0 radical (unpaired) electrons. The molecule has 0 unspecified atom stereocenters. The largest absolute Gasteiger partial charge is 0.384 e. The summed E-state index contributed by atoms with van der Waals surface area (Å²) in [7, 11) is 0. The highest BCUT2D eigenvalue weighted by Gasteiger charge is 2.19. The van der Waals surface area contributed by atoms with Gasteiger partial charge in [0.25, 0.3) is 0 Å². The predicted octanol–water partition coefficient (Wildman–Crippen LogP) is 5.21. The molecule has 0 amide bonds. The molecule has 116 valence electrons. The summed E-state index contributed by atoms with van der Waals surface area (Å²) in [6.45, 7) is 0.858. The lowest BCUT2D eigenvalue weighted by atomic mass is 9.84. The van der Waals surface area contributed by atoms with E-state index in [9.17, 15) is 0 Å². The van der Waals surface area contributed by atoms with Crippen LogP contribution >= 0.6 is 12.6 Å². The highest BCUT2D eigenvalue weighted by Crippen LogP contribution is 2.35. The maximum Gasteiger partial charge on any atom is 0.0382 e. The molecular formula is C21H21NS. The number of hydrogen-bond acceptors (Lipinski definition) is 2. The van der Waals surface area contributed by atoms with Crippen LogP contribution in [0.25, 0.3) is 0 Å². The molecule has 0 saturated heterocycles. The van der Waals surface area contributed by atoms with E-state index in [0.29, 0.717) is 0 Å². The van der Waals surface area contributed by atoms with E-state index in [1.54, 1.807) is 0 Å². The smallest absolute Gasteiger partial charge is 0.0382 e. The van der Waals surface area contributed by atoms with Crippen LogP contribution in [0.3, 0.4) is 0 Å². The molecule has 0 aliphatic rings. The van der Waals surface area contributed by atoms with Crippen LogP contribution in [-0.2, 0) is 0 Å². The zero-order chi connectivity index (χ0) is 15.9. The molecule has 0 aliphatic heterocycles. The molecule has 0 aromatic heterocycles. The lowest BCUT2D eigenvalue weighted by Gasteiger charge is -2.22. The molecular weight excluding hydrogens is 298 g/mol. The number of rotatable bonds is 6. The minimum Gasteiger partial charge on any atom is -0.384 e. The van der Waals surface area contributed by atoms with E-state index >= 15 is 0 Å². The van der Waals surface area contributed by atoms with Gasteiger partial charge in [0.1, 0.15) is 0 Å². The van der Waals surface area contributed by atoms with Crippen LogP contribution in [0.15, 0.2) is 84.9 Å². The van der Waals surface area contributed by atoms with Gasteiger partial charge in [-0.2, -0.15) is 12.6 Å². The predicted molar refractivity (Wildman–Crippen MR) is 103 cm³/mol. The second-order valence-corrected chi connectivity index (χ2v) is 5.94. The summed E-state index contributed by atoms with van der Waals surface area (Å²) < 4.78 is 0. The van der Waals surface area contributed by atoms with Crippen molar-refractivity contribution in [3.63, 3.8) is 0 Å². The van der Waals surface area contributed by atoms with Gasteiger partial charge >= 0.3 is 0 Å². The fourth-order valence-corrected chi connectivity index (χ4v) is 3.05. The number of para-hydroxylation sites is 1. The second kappa shape index (κ2) is 7.89. The Balaban J connectivity index is 2.10. The fraction of sp³-hybridized carbons (Fsp3) is 0.143. The molecule has 23 heavy (non-hydrogen) atoms. The molecule has 0 spiro atoms. The van der Waals surface area contributed by atoms with Crippen LogP contribution in [-0.4, -0.2) is 12.3 Å². The molecule has 3 aromatic rings. The fourth-order valence-electron chi connectivity index (χ4n) is 2.94. The molecule has 0 aliphatic carbocycles. The Morgan fingerprint density at radius 1 is 0.696 bits per heavy atom. The van der Waals surface area contributed by atoms with Gasteiger partial charge in [-0.25, -0.2) is 0 Å². The average Bonchev–Trinajstić information content (AvgIpc) is 2.63. The van der Waals surface area contributed by atoms with Gasteiger partial charge < -0.3 is 5.32 Å². The van der Waals surface area contributed by atoms with Gasteiger partial charge in [-0.3, -0.25) is 0 Å². The van der Waals surface area contributed by atoms with Crippen LogP contribution in [0.1, 0.15) is 22.6 Å². The SMILES string of the molecule is SCCNc1ccccc1C(c1ccccc1)c1ccccc1. The van der Waals surface area contributed by atoms with Gasteiger partial charge in [0, 0.05) is 23.9 Å². The van der Waals surface area contributed by atoms with Crippen molar-refractivity contribution in [1.82, 2.24) is 0 Å². The summed E-state index contributed by atoms with van der Waals surface area (Å²) in [5.74, 6) is 1.04. The normalized spacial score (nSPS) is 10.7. The van der Waals surface area contributed by atoms with Crippen LogP contribution in [0.4, 0.5) is 5.69 Å². The Kier molecular flexibility index (Phi) is 5.38. The van der Waals surface area contributed by atoms with Crippen LogP contribution in [0.5, 0.6) is 0 Å². The zero-order valence-corrected chi connectivity index (χ0v) is 13.9. The third-order valence-electron chi connectivity index (χ3n) is 3.96. The van der Waals surface area contributed by atoms with E-state index < -0.39 is 0 Å². The first-order chi connectivity index (χ1) is 11.4. The van der Waals surface area contributed by atoms with Crippen molar-refractivity contribution in [2.75, 3.05) is 17.6 Å². The first-order valence-electron chi connectivity index (χ1n) is 7.93. The molecule has 0 atom stereocenters. The van der Waals surface area contributed by atoms with Crippen molar-refractivity contribution in [2.45, 2.75) is 5.92 Å². The van der Waals surface area contributed by atoms with Crippen molar-refractivity contribution in [3.05, 3.63) is 102 Å². The van der Waals surface area contributed by atoms with E-state index in [-0.39, 0.29) is 5.92 Å². The summed E-state index contributed by atoms with van der Waals surface area (Å²) in [5.41, 5.74) is 5.09. The van der Waals surface area contributed by atoms with Gasteiger partial charge in [0.05, 0.1) is 0 Å². The maximum absolute atomic E-state index is 4.31. The Labute approximate surface area is 143 Å². The number of benzene rings is 3.